The van der Waals surface area contributed by atoms with Crippen LogP contribution in [0.5, 0.6) is 0 Å². The van der Waals surface area contributed by atoms with Crippen molar-refractivity contribution in [2.75, 3.05) is 37.8 Å². The van der Waals surface area contributed by atoms with Crippen LogP contribution in [0.3, 0.4) is 0 Å². The second-order valence-corrected chi connectivity index (χ2v) is 5.52. The maximum Gasteiger partial charge on any atom is 0.229 e. The van der Waals surface area contributed by atoms with Gasteiger partial charge in [0.2, 0.25) is 5.95 Å². The van der Waals surface area contributed by atoms with Crippen molar-refractivity contribution in [2.24, 2.45) is 0 Å². The first-order valence-corrected chi connectivity index (χ1v) is 7.17. The monoisotopic (exact) mass is 305 g/mol. The molecule has 1 aromatic heterocycles. The molecule has 2 N–H and O–H groups in total. The van der Waals surface area contributed by atoms with Crippen molar-refractivity contribution in [3.63, 3.8) is 0 Å². The van der Waals surface area contributed by atoms with Crippen LogP contribution in [-0.2, 0) is 0 Å². The molecule has 0 atom stereocenters. The number of halogens is 1. The Balaban J connectivity index is 2.05. The minimum absolute atomic E-state index is 0.551. The fourth-order valence-electron chi connectivity index (χ4n) is 1.77. The van der Waals surface area contributed by atoms with Crippen molar-refractivity contribution in [1.82, 2.24) is 14.9 Å². The molecule has 0 aliphatic carbocycles. The van der Waals surface area contributed by atoms with Gasteiger partial charge in [-0.25, -0.2) is 4.98 Å². The largest absolute Gasteiger partial charge is 0.369 e. The van der Waals surface area contributed by atoms with Gasteiger partial charge in [0.1, 0.15) is 5.82 Å². The zero-order valence-corrected chi connectivity index (χ0v) is 13.3. The minimum atomic E-state index is 0.551. The molecule has 0 spiro atoms. The van der Waals surface area contributed by atoms with Gasteiger partial charge >= 0.3 is 0 Å². The Bertz CT molecular complexity index is 600. The van der Waals surface area contributed by atoms with Crippen molar-refractivity contribution < 1.29 is 0 Å². The molecule has 0 saturated carbocycles. The summed E-state index contributed by atoms with van der Waals surface area (Å²) in [4.78, 5) is 10.8. The third-order valence-electron chi connectivity index (χ3n) is 2.97. The minimum Gasteiger partial charge on any atom is -0.369 e. The van der Waals surface area contributed by atoms with Crippen LogP contribution >= 0.6 is 11.6 Å². The molecule has 0 saturated heterocycles. The fraction of sp³-hybridized carbons (Fsp3) is 0.333. The maximum absolute atomic E-state index is 6.01. The molecule has 0 fully saturated rings. The highest BCUT2D eigenvalue weighted by Crippen LogP contribution is 2.22. The fourth-order valence-corrected chi connectivity index (χ4v) is 1.95. The Hall–Kier alpha value is -1.85. The molecular formula is C15H20ClN5. The number of hydrogen-bond donors (Lipinski definition) is 2. The highest BCUT2D eigenvalue weighted by atomic mass is 35.5. The normalized spacial score (nSPS) is 10.7. The Labute approximate surface area is 130 Å². The summed E-state index contributed by atoms with van der Waals surface area (Å²) in [7, 11) is 4.08. The van der Waals surface area contributed by atoms with Gasteiger partial charge in [-0.15, -0.1) is 0 Å². The number of nitrogens with zero attached hydrogens (tertiary/aromatic N) is 3. The highest BCUT2D eigenvalue weighted by molar-refractivity contribution is 6.30. The van der Waals surface area contributed by atoms with E-state index in [1.807, 2.05) is 45.3 Å². The van der Waals surface area contributed by atoms with Gasteiger partial charge in [0.05, 0.1) is 0 Å². The van der Waals surface area contributed by atoms with Crippen LogP contribution in [0.25, 0.3) is 0 Å². The highest BCUT2D eigenvalue weighted by Gasteiger charge is 2.03. The molecule has 2 rings (SSSR count). The first-order valence-electron chi connectivity index (χ1n) is 6.79. The molecule has 0 aliphatic rings. The van der Waals surface area contributed by atoms with Gasteiger partial charge in [-0.2, -0.15) is 4.98 Å². The standard InChI is InChI=1S/C15H20ClN5/c1-11-4-5-12(16)10-13(11)19-15-18-7-6-14(20-15)17-8-9-21(2)3/h4-7,10H,8-9H2,1-3H3,(H2,17,18,19,20). The molecule has 0 aliphatic heterocycles. The summed E-state index contributed by atoms with van der Waals surface area (Å²) in [6.07, 6.45) is 1.73. The topological polar surface area (TPSA) is 53.1 Å². The van der Waals surface area contributed by atoms with Crippen LogP contribution in [0.2, 0.25) is 5.02 Å². The Morgan fingerprint density at radius 2 is 2.05 bits per heavy atom. The lowest BCUT2D eigenvalue weighted by atomic mass is 10.2. The third kappa shape index (κ3) is 4.88. The summed E-state index contributed by atoms with van der Waals surface area (Å²) in [6.45, 7) is 3.79. The number of aromatic nitrogens is 2. The molecule has 2 aromatic rings. The van der Waals surface area contributed by atoms with Crippen LogP contribution in [0.15, 0.2) is 30.5 Å². The smallest absolute Gasteiger partial charge is 0.229 e. The Morgan fingerprint density at radius 1 is 1.24 bits per heavy atom. The van der Waals surface area contributed by atoms with E-state index < -0.39 is 0 Å². The van der Waals surface area contributed by atoms with Crippen LogP contribution in [0, 0.1) is 6.92 Å². The molecular weight excluding hydrogens is 286 g/mol. The number of likely N-dealkylation sites (N-methyl/N-ethyl adjacent to an activating group) is 1. The molecule has 0 amide bonds. The van der Waals surface area contributed by atoms with Crippen LogP contribution < -0.4 is 10.6 Å². The van der Waals surface area contributed by atoms with Crippen molar-refractivity contribution in [3.05, 3.63) is 41.0 Å². The Kier molecular flexibility index (Phi) is 5.36. The molecule has 0 bridgehead atoms. The number of hydrogen-bond acceptors (Lipinski definition) is 5. The summed E-state index contributed by atoms with van der Waals surface area (Å²) in [6, 6.07) is 7.55. The van der Waals surface area contributed by atoms with E-state index in [1.54, 1.807) is 6.20 Å². The molecule has 5 nitrogen and oxygen atoms in total. The summed E-state index contributed by atoms with van der Waals surface area (Å²) in [5.41, 5.74) is 2.00. The lowest BCUT2D eigenvalue weighted by Gasteiger charge is -2.12. The van der Waals surface area contributed by atoms with Crippen LogP contribution in [0.4, 0.5) is 17.5 Å². The molecule has 0 radical (unpaired) electrons. The van der Waals surface area contributed by atoms with Crippen molar-refractivity contribution >= 4 is 29.1 Å². The van der Waals surface area contributed by atoms with E-state index in [0.29, 0.717) is 11.0 Å². The summed E-state index contributed by atoms with van der Waals surface area (Å²) >= 11 is 6.01. The average Bonchev–Trinajstić information content (AvgIpc) is 2.43. The first kappa shape index (κ1) is 15.5. The number of rotatable bonds is 6. The summed E-state index contributed by atoms with van der Waals surface area (Å²) in [5.74, 6) is 1.35. The molecule has 0 unspecified atom stereocenters. The second kappa shape index (κ2) is 7.24. The number of benzene rings is 1. The maximum atomic E-state index is 6.01. The predicted molar refractivity (Wildman–Crippen MR) is 88.5 cm³/mol. The van der Waals surface area contributed by atoms with Crippen LogP contribution in [-0.4, -0.2) is 42.1 Å². The number of anilines is 3. The van der Waals surface area contributed by atoms with E-state index in [-0.39, 0.29) is 0 Å². The lowest BCUT2D eigenvalue weighted by Crippen LogP contribution is -2.21. The van der Waals surface area contributed by atoms with E-state index in [0.717, 1.165) is 30.2 Å². The van der Waals surface area contributed by atoms with Crippen LogP contribution in [0.1, 0.15) is 5.56 Å². The molecule has 21 heavy (non-hydrogen) atoms. The molecule has 1 heterocycles. The molecule has 112 valence electrons. The summed E-state index contributed by atoms with van der Waals surface area (Å²) < 4.78 is 0. The molecule has 1 aromatic carbocycles. The van der Waals surface area contributed by atoms with Gasteiger partial charge in [-0.05, 0) is 44.8 Å². The van der Waals surface area contributed by atoms with Crippen molar-refractivity contribution in [2.45, 2.75) is 6.92 Å². The average molecular weight is 306 g/mol. The first-order chi connectivity index (χ1) is 10.0. The van der Waals surface area contributed by atoms with Gasteiger partial charge in [0, 0.05) is 30.0 Å². The van der Waals surface area contributed by atoms with E-state index in [4.69, 9.17) is 11.6 Å². The lowest BCUT2D eigenvalue weighted by molar-refractivity contribution is 0.425. The number of aryl methyl sites for hydroxylation is 1. The third-order valence-corrected chi connectivity index (χ3v) is 3.20. The SMILES string of the molecule is Cc1ccc(Cl)cc1Nc1nccc(NCCN(C)C)n1. The number of nitrogens with one attached hydrogen (secondary N) is 2. The Morgan fingerprint density at radius 3 is 2.81 bits per heavy atom. The van der Waals surface area contributed by atoms with E-state index in [1.165, 1.54) is 0 Å². The van der Waals surface area contributed by atoms with Gasteiger partial charge < -0.3 is 15.5 Å². The van der Waals surface area contributed by atoms with E-state index >= 15 is 0 Å². The summed E-state index contributed by atoms with van der Waals surface area (Å²) in [5, 5.41) is 7.15. The second-order valence-electron chi connectivity index (χ2n) is 5.08. The van der Waals surface area contributed by atoms with Crippen molar-refractivity contribution in [3.8, 4) is 0 Å². The predicted octanol–water partition coefficient (Wildman–Crippen LogP) is 3.16. The van der Waals surface area contributed by atoms with Crippen molar-refractivity contribution in [1.29, 1.82) is 0 Å². The van der Waals surface area contributed by atoms with Gasteiger partial charge in [-0.3, -0.25) is 0 Å². The van der Waals surface area contributed by atoms with Gasteiger partial charge in [-0.1, -0.05) is 17.7 Å². The molecule has 6 heteroatoms. The quantitative estimate of drug-likeness (QED) is 0.858. The zero-order chi connectivity index (χ0) is 15.2. The van der Waals surface area contributed by atoms with E-state index in [2.05, 4.69) is 25.5 Å². The van der Waals surface area contributed by atoms with Gasteiger partial charge in [0.25, 0.3) is 0 Å². The van der Waals surface area contributed by atoms with E-state index in [9.17, 15) is 0 Å². The zero-order valence-electron chi connectivity index (χ0n) is 12.5. The van der Waals surface area contributed by atoms with Gasteiger partial charge in [0.15, 0.2) is 0 Å².